The highest BCUT2D eigenvalue weighted by Crippen LogP contribution is 2.19. The Labute approximate surface area is 121 Å². The van der Waals surface area contributed by atoms with Crippen molar-refractivity contribution in [3.63, 3.8) is 0 Å². The van der Waals surface area contributed by atoms with Crippen molar-refractivity contribution in [3.05, 3.63) is 29.6 Å². The molecule has 0 saturated heterocycles. The van der Waals surface area contributed by atoms with E-state index < -0.39 is 29.1 Å². The Bertz CT molecular complexity index is 498. The van der Waals surface area contributed by atoms with Crippen molar-refractivity contribution in [2.75, 3.05) is 11.9 Å². The van der Waals surface area contributed by atoms with Gasteiger partial charge in [-0.1, -0.05) is 20.3 Å². The molecule has 2 amide bonds. The lowest BCUT2D eigenvalue weighted by atomic mass is 9.89. The van der Waals surface area contributed by atoms with Gasteiger partial charge >= 0.3 is 6.03 Å². The van der Waals surface area contributed by atoms with Crippen LogP contribution >= 0.6 is 0 Å². The Balaban J connectivity index is 2.63. The maximum atomic E-state index is 13.0. The van der Waals surface area contributed by atoms with Crippen LogP contribution in [-0.2, 0) is 0 Å². The van der Waals surface area contributed by atoms with Crippen LogP contribution < -0.4 is 10.6 Å². The number of amides is 2. The largest absolute Gasteiger partial charge is 0.388 e. The number of carbonyl (C=O) groups is 1. The number of urea groups is 1. The second-order valence-electron chi connectivity index (χ2n) is 5.23. The van der Waals surface area contributed by atoms with Crippen LogP contribution in [0.5, 0.6) is 0 Å². The van der Waals surface area contributed by atoms with Gasteiger partial charge in [0, 0.05) is 24.4 Å². The monoisotopic (exact) mass is 304 g/mol. The third-order valence-electron chi connectivity index (χ3n) is 3.52. The molecule has 0 spiro atoms. The molecular formula is C14H19F3N2O2. The average molecular weight is 304 g/mol. The van der Waals surface area contributed by atoms with Gasteiger partial charge in [-0.05, 0) is 12.8 Å². The summed E-state index contributed by atoms with van der Waals surface area (Å²) < 4.78 is 38.7. The molecule has 21 heavy (non-hydrogen) atoms. The summed E-state index contributed by atoms with van der Waals surface area (Å²) in [4.78, 5) is 11.6. The molecule has 1 aromatic carbocycles. The van der Waals surface area contributed by atoms with Crippen LogP contribution in [0, 0.1) is 23.4 Å². The molecule has 1 aromatic rings. The second kappa shape index (κ2) is 6.80. The van der Waals surface area contributed by atoms with Crippen molar-refractivity contribution in [1.82, 2.24) is 5.32 Å². The fourth-order valence-corrected chi connectivity index (χ4v) is 1.68. The van der Waals surface area contributed by atoms with E-state index in [1.807, 2.05) is 13.8 Å². The maximum absolute atomic E-state index is 13.0. The van der Waals surface area contributed by atoms with Crippen molar-refractivity contribution in [1.29, 1.82) is 0 Å². The molecule has 2 atom stereocenters. The minimum Gasteiger partial charge on any atom is -0.388 e. The van der Waals surface area contributed by atoms with E-state index in [0.717, 1.165) is 6.42 Å². The zero-order valence-electron chi connectivity index (χ0n) is 12.1. The van der Waals surface area contributed by atoms with Gasteiger partial charge in [-0.15, -0.1) is 0 Å². The number of aliphatic hydroxyl groups is 1. The maximum Gasteiger partial charge on any atom is 0.319 e. The number of carbonyl (C=O) groups excluding carboxylic acids is 1. The van der Waals surface area contributed by atoms with Crippen molar-refractivity contribution < 1.29 is 23.1 Å². The Morgan fingerprint density at radius 2 is 1.86 bits per heavy atom. The van der Waals surface area contributed by atoms with E-state index in [-0.39, 0.29) is 18.2 Å². The van der Waals surface area contributed by atoms with E-state index in [2.05, 4.69) is 10.6 Å². The van der Waals surface area contributed by atoms with Gasteiger partial charge in [0.05, 0.1) is 5.60 Å². The third-order valence-corrected chi connectivity index (χ3v) is 3.52. The van der Waals surface area contributed by atoms with Gasteiger partial charge in [0.2, 0.25) is 0 Å². The number of hydrogen-bond acceptors (Lipinski definition) is 2. The smallest absolute Gasteiger partial charge is 0.319 e. The molecule has 0 aromatic heterocycles. The van der Waals surface area contributed by atoms with Gasteiger partial charge < -0.3 is 15.7 Å². The van der Waals surface area contributed by atoms with Crippen LogP contribution in [0.3, 0.4) is 0 Å². The van der Waals surface area contributed by atoms with Crippen LogP contribution in [0.25, 0.3) is 0 Å². The van der Waals surface area contributed by atoms with Crippen molar-refractivity contribution >= 4 is 11.7 Å². The van der Waals surface area contributed by atoms with Gasteiger partial charge in [-0.25, -0.2) is 18.0 Å². The summed E-state index contributed by atoms with van der Waals surface area (Å²) in [5.74, 6) is -4.42. The lowest BCUT2D eigenvalue weighted by molar-refractivity contribution is 0.00827. The topological polar surface area (TPSA) is 61.4 Å². The molecule has 0 bridgehead atoms. The highest BCUT2D eigenvalue weighted by Gasteiger charge is 2.27. The molecular weight excluding hydrogens is 285 g/mol. The highest BCUT2D eigenvalue weighted by atomic mass is 19.2. The van der Waals surface area contributed by atoms with Crippen LogP contribution in [0.2, 0.25) is 0 Å². The third kappa shape index (κ3) is 4.63. The molecule has 1 rings (SSSR count). The molecule has 3 N–H and O–H groups in total. The number of hydrogen-bond donors (Lipinski definition) is 3. The van der Waals surface area contributed by atoms with Crippen molar-refractivity contribution in [3.8, 4) is 0 Å². The number of benzene rings is 1. The first-order valence-electron chi connectivity index (χ1n) is 6.59. The standard InChI is InChI=1S/C14H19F3N2O2/c1-4-8(2)14(3,21)7-18-13(20)19-9-5-10(15)12(17)11(16)6-9/h5-6,8,21H,4,7H2,1-3H3,(H2,18,19,20). The lowest BCUT2D eigenvalue weighted by Crippen LogP contribution is -2.46. The van der Waals surface area contributed by atoms with Gasteiger partial charge in [-0.3, -0.25) is 0 Å². The van der Waals surface area contributed by atoms with Crippen LogP contribution in [0.1, 0.15) is 27.2 Å². The summed E-state index contributed by atoms with van der Waals surface area (Å²) in [5.41, 5.74) is -1.32. The molecule has 0 aliphatic heterocycles. The van der Waals surface area contributed by atoms with E-state index in [1.165, 1.54) is 0 Å². The molecule has 2 unspecified atom stereocenters. The van der Waals surface area contributed by atoms with Crippen LogP contribution in [0.4, 0.5) is 23.7 Å². The Morgan fingerprint density at radius 3 is 2.33 bits per heavy atom. The normalized spacial score (nSPS) is 15.2. The van der Waals surface area contributed by atoms with Crippen LogP contribution in [-0.4, -0.2) is 23.3 Å². The zero-order chi connectivity index (χ0) is 16.2. The summed E-state index contributed by atoms with van der Waals surface area (Å²) >= 11 is 0. The molecule has 4 nitrogen and oxygen atoms in total. The Morgan fingerprint density at radius 1 is 1.33 bits per heavy atom. The summed E-state index contributed by atoms with van der Waals surface area (Å²) in [6.45, 7) is 5.30. The minimum absolute atomic E-state index is 0.0278. The van der Waals surface area contributed by atoms with Gasteiger partial charge in [-0.2, -0.15) is 0 Å². The first kappa shape index (κ1) is 17.3. The molecule has 118 valence electrons. The number of rotatable bonds is 5. The Kier molecular flexibility index (Phi) is 5.60. The molecule has 0 heterocycles. The van der Waals surface area contributed by atoms with Gasteiger partial charge in [0.1, 0.15) is 0 Å². The van der Waals surface area contributed by atoms with E-state index in [4.69, 9.17) is 0 Å². The van der Waals surface area contributed by atoms with Crippen molar-refractivity contribution in [2.45, 2.75) is 32.8 Å². The fraction of sp³-hybridized carbons (Fsp3) is 0.500. The SMILES string of the molecule is CCC(C)C(C)(O)CNC(=O)Nc1cc(F)c(F)c(F)c1. The van der Waals surface area contributed by atoms with E-state index >= 15 is 0 Å². The zero-order valence-corrected chi connectivity index (χ0v) is 12.1. The summed E-state index contributed by atoms with van der Waals surface area (Å²) in [6, 6.07) is 0.597. The predicted octanol–water partition coefficient (Wildman–Crippen LogP) is 3.02. The molecule has 0 fully saturated rings. The number of anilines is 1. The summed E-state index contributed by atoms with van der Waals surface area (Å²) in [6.07, 6.45) is 0.727. The molecule has 7 heteroatoms. The molecule has 0 saturated carbocycles. The van der Waals surface area contributed by atoms with Crippen LogP contribution in [0.15, 0.2) is 12.1 Å². The molecule has 0 radical (unpaired) electrons. The lowest BCUT2D eigenvalue weighted by Gasteiger charge is -2.29. The quantitative estimate of drug-likeness (QED) is 0.732. The van der Waals surface area contributed by atoms with Gasteiger partial charge in [0.15, 0.2) is 17.5 Å². The average Bonchev–Trinajstić information content (AvgIpc) is 2.41. The number of halogens is 3. The first-order chi connectivity index (χ1) is 9.67. The molecule has 0 aliphatic carbocycles. The van der Waals surface area contributed by atoms with Crippen molar-refractivity contribution in [2.24, 2.45) is 5.92 Å². The van der Waals surface area contributed by atoms with E-state index in [1.54, 1.807) is 6.92 Å². The van der Waals surface area contributed by atoms with Gasteiger partial charge in [0.25, 0.3) is 0 Å². The summed E-state index contributed by atoms with van der Waals surface area (Å²) in [7, 11) is 0. The minimum atomic E-state index is -1.60. The fourth-order valence-electron chi connectivity index (χ4n) is 1.68. The molecule has 0 aliphatic rings. The Hall–Kier alpha value is -1.76. The number of nitrogens with one attached hydrogen (secondary N) is 2. The predicted molar refractivity (Wildman–Crippen MR) is 73.4 cm³/mol. The van der Waals surface area contributed by atoms with E-state index in [9.17, 15) is 23.1 Å². The summed E-state index contributed by atoms with van der Waals surface area (Å²) in [5, 5.41) is 14.7. The van der Waals surface area contributed by atoms with E-state index in [0.29, 0.717) is 12.1 Å². The first-order valence-corrected chi connectivity index (χ1v) is 6.59. The second-order valence-corrected chi connectivity index (χ2v) is 5.23. The highest BCUT2D eigenvalue weighted by molar-refractivity contribution is 5.89.